The molecule has 24 heavy (non-hydrogen) atoms. The van der Waals surface area contributed by atoms with Gasteiger partial charge >= 0.3 is 6.03 Å². The molecule has 0 aliphatic heterocycles. The highest BCUT2D eigenvalue weighted by molar-refractivity contribution is 5.89. The maximum absolute atomic E-state index is 11.9. The summed E-state index contributed by atoms with van der Waals surface area (Å²) in [4.78, 5) is 11.9. The van der Waals surface area contributed by atoms with Crippen LogP contribution in [0.3, 0.4) is 0 Å². The van der Waals surface area contributed by atoms with E-state index < -0.39 is 0 Å². The Morgan fingerprint density at radius 3 is 2.42 bits per heavy atom. The highest BCUT2D eigenvalue weighted by Gasteiger charge is 2.16. The number of carbonyl (C=O) groups excluding carboxylic acids is 1. The lowest BCUT2D eigenvalue weighted by Crippen LogP contribution is -2.30. The van der Waals surface area contributed by atoms with E-state index in [1.165, 1.54) is 18.4 Å². The Bertz CT molecular complexity index is 634. The number of nitrogens with one attached hydrogen (secondary N) is 2. The van der Waals surface area contributed by atoms with Gasteiger partial charge in [0.2, 0.25) is 0 Å². The molecule has 3 rings (SSSR count). The molecule has 1 aliphatic carbocycles. The van der Waals surface area contributed by atoms with Crippen molar-refractivity contribution >= 4 is 11.7 Å². The molecule has 0 saturated heterocycles. The molecule has 4 heteroatoms. The maximum Gasteiger partial charge on any atom is 0.319 e. The highest BCUT2D eigenvalue weighted by Crippen LogP contribution is 2.24. The van der Waals surface area contributed by atoms with Gasteiger partial charge < -0.3 is 15.4 Å². The van der Waals surface area contributed by atoms with E-state index in [1.807, 2.05) is 42.5 Å². The minimum atomic E-state index is -0.185. The van der Waals surface area contributed by atoms with Gasteiger partial charge in [0.25, 0.3) is 0 Å². The van der Waals surface area contributed by atoms with E-state index in [0.29, 0.717) is 12.6 Å². The van der Waals surface area contributed by atoms with Crippen molar-refractivity contribution in [2.24, 2.45) is 0 Å². The zero-order valence-electron chi connectivity index (χ0n) is 13.8. The SMILES string of the molecule is O=C(NCCc1ccccc1)Nc1ccc(OC2CCCC2)cc1. The topological polar surface area (TPSA) is 50.4 Å². The van der Waals surface area contributed by atoms with Crippen LogP contribution in [0.5, 0.6) is 5.75 Å². The van der Waals surface area contributed by atoms with Crippen molar-refractivity contribution in [2.45, 2.75) is 38.2 Å². The van der Waals surface area contributed by atoms with Gasteiger partial charge in [0.1, 0.15) is 5.75 Å². The van der Waals surface area contributed by atoms with Crippen LogP contribution in [-0.4, -0.2) is 18.7 Å². The van der Waals surface area contributed by atoms with Gasteiger partial charge in [-0.25, -0.2) is 4.79 Å². The molecule has 1 aliphatic rings. The number of anilines is 1. The van der Waals surface area contributed by atoms with Crippen LogP contribution in [0.2, 0.25) is 0 Å². The summed E-state index contributed by atoms with van der Waals surface area (Å²) in [6.07, 6.45) is 5.97. The fraction of sp³-hybridized carbons (Fsp3) is 0.350. The second-order valence-electron chi connectivity index (χ2n) is 6.17. The minimum Gasteiger partial charge on any atom is -0.490 e. The lowest BCUT2D eigenvalue weighted by Gasteiger charge is -2.13. The summed E-state index contributed by atoms with van der Waals surface area (Å²) in [7, 11) is 0. The number of urea groups is 1. The molecule has 2 aromatic carbocycles. The quantitative estimate of drug-likeness (QED) is 0.829. The first-order valence-electron chi connectivity index (χ1n) is 8.65. The van der Waals surface area contributed by atoms with Crippen molar-refractivity contribution in [1.29, 1.82) is 0 Å². The van der Waals surface area contributed by atoms with Crippen LogP contribution in [0.1, 0.15) is 31.2 Å². The Hall–Kier alpha value is -2.49. The fourth-order valence-corrected chi connectivity index (χ4v) is 2.96. The van der Waals surface area contributed by atoms with E-state index in [4.69, 9.17) is 4.74 Å². The normalized spacial score (nSPS) is 14.3. The summed E-state index contributed by atoms with van der Waals surface area (Å²) in [6.45, 7) is 0.610. The molecule has 2 aromatic rings. The van der Waals surface area contributed by atoms with Crippen LogP contribution in [0.4, 0.5) is 10.5 Å². The van der Waals surface area contributed by atoms with Gasteiger partial charge in [-0.3, -0.25) is 0 Å². The van der Waals surface area contributed by atoms with Gasteiger partial charge in [0.05, 0.1) is 6.10 Å². The second kappa shape index (κ2) is 8.39. The maximum atomic E-state index is 11.9. The number of rotatable bonds is 6. The first-order chi connectivity index (χ1) is 11.8. The molecule has 126 valence electrons. The summed E-state index contributed by atoms with van der Waals surface area (Å²) in [6, 6.07) is 17.5. The van der Waals surface area contributed by atoms with E-state index in [9.17, 15) is 4.79 Å². The summed E-state index contributed by atoms with van der Waals surface area (Å²) in [5.41, 5.74) is 1.98. The van der Waals surface area contributed by atoms with Gasteiger partial charge in [-0.05, 0) is 61.9 Å². The molecule has 1 fully saturated rings. The van der Waals surface area contributed by atoms with E-state index in [-0.39, 0.29) is 6.03 Å². The smallest absolute Gasteiger partial charge is 0.319 e. The third-order valence-electron chi connectivity index (χ3n) is 4.26. The molecule has 0 atom stereocenters. The van der Waals surface area contributed by atoms with E-state index in [2.05, 4.69) is 22.8 Å². The highest BCUT2D eigenvalue weighted by atomic mass is 16.5. The number of benzene rings is 2. The zero-order chi connectivity index (χ0) is 16.6. The first kappa shape index (κ1) is 16.4. The summed E-state index contributed by atoms with van der Waals surface area (Å²) in [5, 5.41) is 5.72. The van der Waals surface area contributed by atoms with Gasteiger partial charge in [0.15, 0.2) is 0 Å². The minimum absolute atomic E-state index is 0.185. The standard InChI is InChI=1S/C20H24N2O2/c23-20(21-15-14-16-6-2-1-3-7-16)22-17-10-12-19(13-11-17)24-18-8-4-5-9-18/h1-3,6-7,10-13,18H,4-5,8-9,14-15H2,(H2,21,22,23). The number of amides is 2. The van der Waals surface area contributed by atoms with Crippen LogP contribution in [0.25, 0.3) is 0 Å². The number of hydrogen-bond donors (Lipinski definition) is 2. The molecular formula is C20H24N2O2. The summed E-state index contributed by atoms with van der Waals surface area (Å²) >= 11 is 0. The monoisotopic (exact) mass is 324 g/mol. The number of hydrogen-bond acceptors (Lipinski definition) is 2. The fourth-order valence-electron chi connectivity index (χ4n) is 2.96. The Balaban J connectivity index is 1.40. The van der Waals surface area contributed by atoms with Crippen molar-refractivity contribution in [1.82, 2.24) is 5.32 Å². The average molecular weight is 324 g/mol. The predicted molar refractivity (Wildman–Crippen MR) is 96.5 cm³/mol. The van der Waals surface area contributed by atoms with E-state index in [1.54, 1.807) is 0 Å². The predicted octanol–water partition coefficient (Wildman–Crippen LogP) is 4.37. The zero-order valence-corrected chi connectivity index (χ0v) is 13.8. The van der Waals surface area contributed by atoms with Crippen molar-refractivity contribution < 1.29 is 9.53 Å². The lowest BCUT2D eigenvalue weighted by molar-refractivity contribution is 0.210. The molecule has 2 amide bonds. The molecule has 0 unspecified atom stereocenters. The molecule has 0 aromatic heterocycles. The molecule has 4 nitrogen and oxygen atoms in total. The molecule has 1 saturated carbocycles. The van der Waals surface area contributed by atoms with Crippen molar-refractivity contribution in [2.75, 3.05) is 11.9 Å². The van der Waals surface area contributed by atoms with Crippen LogP contribution < -0.4 is 15.4 Å². The Morgan fingerprint density at radius 1 is 1.00 bits per heavy atom. The molecule has 0 spiro atoms. The van der Waals surface area contributed by atoms with Gasteiger partial charge in [-0.15, -0.1) is 0 Å². The lowest BCUT2D eigenvalue weighted by atomic mass is 10.1. The van der Waals surface area contributed by atoms with Gasteiger partial charge in [0, 0.05) is 12.2 Å². The van der Waals surface area contributed by atoms with Gasteiger partial charge in [-0.1, -0.05) is 30.3 Å². The van der Waals surface area contributed by atoms with Crippen molar-refractivity contribution in [3.63, 3.8) is 0 Å². The number of ether oxygens (including phenoxy) is 1. The largest absolute Gasteiger partial charge is 0.490 e. The Morgan fingerprint density at radius 2 is 1.71 bits per heavy atom. The van der Waals surface area contributed by atoms with Crippen molar-refractivity contribution in [3.05, 3.63) is 60.2 Å². The third-order valence-corrected chi connectivity index (χ3v) is 4.26. The second-order valence-corrected chi connectivity index (χ2v) is 6.17. The van der Waals surface area contributed by atoms with Crippen LogP contribution in [0.15, 0.2) is 54.6 Å². The van der Waals surface area contributed by atoms with E-state index in [0.717, 1.165) is 30.7 Å². The summed E-state index contributed by atoms with van der Waals surface area (Å²) < 4.78 is 5.92. The van der Waals surface area contributed by atoms with Crippen LogP contribution >= 0.6 is 0 Å². The van der Waals surface area contributed by atoms with E-state index >= 15 is 0 Å². The number of carbonyl (C=O) groups is 1. The molecular weight excluding hydrogens is 300 g/mol. The molecule has 2 N–H and O–H groups in total. The third kappa shape index (κ3) is 5.01. The molecule has 0 radical (unpaired) electrons. The van der Waals surface area contributed by atoms with Crippen LogP contribution in [-0.2, 0) is 6.42 Å². The molecule has 0 heterocycles. The summed E-state index contributed by atoms with van der Waals surface area (Å²) in [5.74, 6) is 0.872. The van der Waals surface area contributed by atoms with Gasteiger partial charge in [-0.2, -0.15) is 0 Å². The first-order valence-corrected chi connectivity index (χ1v) is 8.65. The Kier molecular flexibility index (Phi) is 5.72. The van der Waals surface area contributed by atoms with Crippen LogP contribution in [0, 0.1) is 0 Å². The van der Waals surface area contributed by atoms with Crippen molar-refractivity contribution in [3.8, 4) is 5.75 Å². The molecule has 0 bridgehead atoms. The average Bonchev–Trinajstić information content (AvgIpc) is 3.11. The Labute approximate surface area is 143 Å².